The molecule has 0 atom stereocenters. The molecule has 2 amide bonds. The Labute approximate surface area is 196 Å². The van der Waals surface area contributed by atoms with Crippen molar-refractivity contribution < 1.29 is 18.7 Å². The van der Waals surface area contributed by atoms with Crippen molar-refractivity contribution in [2.45, 2.75) is 33.7 Å². The van der Waals surface area contributed by atoms with Crippen molar-refractivity contribution in [1.82, 2.24) is 9.80 Å². The van der Waals surface area contributed by atoms with Gasteiger partial charge < -0.3 is 20.7 Å². The fourth-order valence-electron chi connectivity index (χ4n) is 3.35. The number of amides is 2. The lowest BCUT2D eigenvalue weighted by Gasteiger charge is -2.34. The molecule has 2 aromatic carbocycles. The summed E-state index contributed by atoms with van der Waals surface area (Å²) in [4.78, 5) is 25.2. The van der Waals surface area contributed by atoms with Crippen LogP contribution in [-0.4, -0.2) is 62.0 Å². The van der Waals surface area contributed by atoms with Crippen molar-refractivity contribution in [1.29, 1.82) is 0 Å². The minimum atomic E-state index is -0.218. The van der Waals surface area contributed by atoms with Gasteiger partial charge in [-0.1, -0.05) is 39.0 Å². The zero-order chi connectivity index (χ0) is 24.6. The highest BCUT2D eigenvalue weighted by Gasteiger charge is 2.21. The molecule has 2 aromatic rings. The first-order valence-corrected chi connectivity index (χ1v) is 11.3. The van der Waals surface area contributed by atoms with Crippen LogP contribution in [0.4, 0.5) is 10.1 Å². The van der Waals surface area contributed by atoms with Crippen LogP contribution in [0.25, 0.3) is 0 Å². The standard InChI is InChI=1S/C22H28FN3O2.C2H6.CH3NO/c1-3-17-6-9-21(20(14-17)24-2)28-16-22(27)26-12-10-25(11-13-26)15-18-4-7-19(23)8-5-18;1-2;2-1-3/h4-9,14,24H,3,10-13,15-16H2,1-2H3;1-2H3;1H,(H2,2,3). The number of hydrogen-bond acceptors (Lipinski definition) is 5. The molecule has 0 unspecified atom stereocenters. The highest BCUT2D eigenvalue weighted by Crippen LogP contribution is 2.25. The molecular formula is C25H37FN4O3. The molecule has 0 radical (unpaired) electrons. The molecule has 3 N–H and O–H groups in total. The van der Waals surface area contributed by atoms with E-state index in [-0.39, 0.29) is 24.7 Å². The number of nitrogens with two attached hydrogens (primary N) is 1. The molecule has 0 spiro atoms. The first kappa shape index (κ1) is 27.9. The van der Waals surface area contributed by atoms with Crippen LogP contribution in [-0.2, 0) is 22.6 Å². The van der Waals surface area contributed by atoms with Crippen LogP contribution >= 0.6 is 0 Å². The Morgan fingerprint density at radius 1 is 1.09 bits per heavy atom. The number of primary amides is 1. The van der Waals surface area contributed by atoms with Gasteiger partial charge in [0.05, 0.1) is 5.69 Å². The van der Waals surface area contributed by atoms with Crippen LogP contribution < -0.4 is 15.8 Å². The molecule has 0 aliphatic carbocycles. The number of anilines is 1. The minimum Gasteiger partial charge on any atom is -0.482 e. The number of halogens is 1. The number of ether oxygens (including phenoxy) is 1. The highest BCUT2D eigenvalue weighted by molar-refractivity contribution is 5.78. The molecule has 1 aliphatic rings. The molecule has 3 rings (SSSR count). The van der Waals surface area contributed by atoms with E-state index in [0.717, 1.165) is 37.3 Å². The smallest absolute Gasteiger partial charge is 0.260 e. The normalized spacial score (nSPS) is 13.1. The second kappa shape index (κ2) is 15.6. The van der Waals surface area contributed by atoms with Gasteiger partial charge in [0.25, 0.3) is 5.91 Å². The maximum atomic E-state index is 13.0. The van der Waals surface area contributed by atoms with E-state index in [4.69, 9.17) is 9.53 Å². The van der Waals surface area contributed by atoms with Gasteiger partial charge in [-0.3, -0.25) is 14.5 Å². The van der Waals surface area contributed by atoms with Gasteiger partial charge in [0.15, 0.2) is 6.61 Å². The van der Waals surface area contributed by atoms with Gasteiger partial charge in [0.1, 0.15) is 11.6 Å². The maximum Gasteiger partial charge on any atom is 0.260 e. The van der Waals surface area contributed by atoms with E-state index in [0.29, 0.717) is 18.8 Å². The van der Waals surface area contributed by atoms with Crippen molar-refractivity contribution in [2.75, 3.05) is 45.2 Å². The Morgan fingerprint density at radius 2 is 1.67 bits per heavy atom. The van der Waals surface area contributed by atoms with Gasteiger partial charge in [-0.05, 0) is 41.8 Å². The zero-order valence-electron chi connectivity index (χ0n) is 20.1. The summed E-state index contributed by atoms with van der Waals surface area (Å²) < 4.78 is 18.8. The number of carbonyl (C=O) groups excluding carboxylic acids is 2. The number of rotatable bonds is 7. The molecule has 1 aliphatic heterocycles. The lowest BCUT2D eigenvalue weighted by Crippen LogP contribution is -2.49. The molecule has 7 nitrogen and oxygen atoms in total. The quantitative estimate of drug-likeness (QED) is 0.619. The van der Waals surface area contributed by atoms with Gasteiger partial charge in [0.2, 0.25) is 6.41 Å². The molecule has 8 heteroatoms. The van der Waals surface area contributed by atoms with Gasteiger partial charge in [-0.25, -0.2) is 4.39 Å². The Bertz CT molecular complexity index is 838. The summed E-state index contributed by atoms with van der Waals surface area (Å²) in [6.07, 6.45) is 1.20. The molecule has 33 heavy (non-hydrogen) atoms. The van der Waals surface area contributed by atoms with Crippen LogP contribution in [0.1, 0.15) is 31.9 Å². The average Bonchev–Trinajstić information content (AvgIpc) is 2.86. The first-order chi connectivity index (χ1) is 16.0. The molecule has 1 fully saturated rings. The molecular weight excluding hydrogens is 423 g/mol. The van der Waals surface area contributed by atoms with Crippen LogP contribution in [0.3, 0.4) is 0 Å². The third kappa shape index (κ3) is 9.49. The van der Waals surface area contributed by atoms with E-state index in [1.54, 1.807) is 0 Å². The third-order valence-electron chi connectivity index (χ3n) is 5.12. The molecule has 1 heterocycles. The maximum absolute atomic E-state index is 13.0. The van der Waals surface area contributed by atoms with Crippen LogP contribution in [0.5, 0.6) is 5.75 Å². The Kier molecular flexibility index (Phi) is 13.2. The van der Waals surface area contributed by atoms with Gasteiger partial charge >= 0.3 is 0 Å². The van der Waals surface area contributed by atoms with Crippen molar-refractivity contribution in [3.05, 3.63) is 59.4 Å². The van der Waals surface area contributed by atoms with E-state index >= 15 is 0 Å². The van der Waals surface area contributed by atoms with E-state index in [1.807, 2.05) is 56.1 Å². The highest BCUT2D eigenvalue weighted by atomic mass is 19.1. The van der Waals surface area contributed by atoms with Crippen LogP contribution in [0.15, 0.2) is 42.5 Å². The van der Waals surface area contributed by atoms with Gasteiger partial charge in [-0.2, -0.15) is 0 Å². The predicted octanol–water partition coefficient (Wildman–Crippen LogP) is 3.28. The summed E-state index contributed by atoms with van der Waals surface area (Å²) in [7, 11) is 1.85. The molecule has 182 valence electrons. The number of nitrogens with one attached hydrogen (secondary N) is 1. The molecule has 0 aromatic heterocycles. The molecule has 1 saturated heterocycles. The first-order valence-electron chi connectivity index (χ1n) is 11.3. The molecule has 0 bridgehead atoms. The van der Waals surface area contributed by atoms with Gasteiger partial charge in [-0.15, -0.1) is 0 Å². The number of hydrogen-bond donors (Lipinski definition) is 2. The Morgan fingerprint density at radius 3 is 2.21 bits per heavy atom. The number of benzene rings is 2. The van der Waals surface area contributed by atoms with E-state index in [9.17, 15) is 9.18 Å². The number of aryl methyl sites for hydroxylation is 1. The number of carbonyl (C=O) groups is 2. The Balaban J connectivity index is 0.00000101. The summed E-state index contributed by atoms with van der Waals surface area (Å²) in [5, 5.41) is 3.13. The van der Waals surface area contributed by atoms with E-state index < -0.39 is 0 Å². The van der Waals surface area contributed by atoms with E-state index in [1.165, 1.54) is 17.7 Å². The lowest BCUT2D eigenvalue weighted by molar-refractivity contribution is -0.135. The second-order valence-electron chi connectivity index (χ2n) is 7.14. The van der Waals surface area contributed by atoms with Crippen LogP contribution in [0, 0.1) is 5.82 Å². The van der Waals surface area contributed by atoms with Crippen molar-refractivity contribution in [3.8, 4) is 5.75 Å². The number of nitrogens with zero attached hydrogens (tertiary/aromatic N) is 2. The summed E-state index contributed by atoms with van der Waals surface area (Å²) in [5.74, 6) is 0.482. The van der Waals surface area contributed by atoms with E-state index in [2.05, 4.69) is 22.9 Å². The fourth-order valence-corrected chi connectivity index (χ4v) is 3.35. The molecule has 0 saturated carbocycles. The lowest BCUT2D eigenvalue weighted by atomic mass is 10.1. The predicted molar refractivity (Wildman–Crippen MR) is 131 cm³/mol. The van der Waals surface area contributed by atoms with Crippen molar-refractivity contribution >= 4 is 18.0 Å². The zero-order valence-corrected chi connectivity index (χ0v) is 20.1. The van der Waals surface area contributed by atoms with Crippen LogP contribution in [0.2, 0.25) is 0 Å². The fraction of sp³-hybridized carbons (Fsp3) is 0.440. The SMILES string of the molecule is CC.CCc1ccc(OCC(=O)N2CCN(Cc3ccc(F)cc3)CC2)c(NC)c1.NC=O. The monoisotopic (exact) mass is 460 g/mol. The number of piperazine rings is 1. The largest absolute Gasteiger partial charge is 0.482 e. The topological polar surface area (TPSA) is 87.9 Å². The van der Waals surface area contributed by atoms with Gasteiger partial charge in [0, 0.05) is 39.8 Å². The summed E-state index contributed by atoms with van der Waals surface area (Å²) in [6.45, 7) is 9.88. The summed E-state index contributed by atoms with van der Waals surface area (Å²) in [5.41, 5.74) is 7.37. The van der Waals surface area contributed by atoms with Crippen molar-refractivity contribution in [3.63, 3.8) is 0 Å². The second-order valence-corrected chi connectivity index (χ2v) is 7.14. The van der Waals surface area contributed by atoms with Crippen molar-refractivity contribution in [2.24, 2.45) is 5.73 Å². The average molecular weight is 461 g/mol. The summed E-state index contributed by atoms with van der Waals surface area (Å²) >= 11 is 0. The minimum absolute atomic E-state index is 0.00283. The third-order valence-corrected chi connectivity index (χ3v) is 5.12. The summed E-state index contributed by atoms with van der Waals surface area (Å²) in [6, 6.07) is 12.6. The Hall–Kier alpha value is -3.13.